The average molecular weight is 295 g/mol. The molecule has 1 rings (SSSR count). The second-order valence-corrected chi connectivity index (χ2v) is 4.39. The number of benzene rings is 1. The number of carbonyl (C=O) groups is 3. The standard InChI is InChI=1S/C13H17N3O5/c14-6-11(18)16(7-12(19)20)13(21)10(15)5-8-1-3-9(17)4-2-8/h1-4,10,17H,5-7,14-15H2,(H,19,20)/t10-/m0/s1. The summed E-state index contributed by atoms with van der Waals surface area (Å²) < 4.78 is 0. The topological polar surface area (TPSA) is 147 Å². The highest BCUT2D eigenvalue weighted by Crippen LogP contribution is 2.11. The first-order valence-corrected chi connectivity index (χ1v) is 6.14. The van der Waals surface area contributed by atoms with Crippen LogP contribution in [0.3, 0.4) is 0 Å². The summed E-state index contributed by atoms with van der Waals surface area (Å²) in [5, 5.41) is 17.9. The van der Waals surface area contributed by atoms with Gasteiger partial charge in [0.15, 0.2) is 0 Å². The van der Waals surface area contributed by atoms with E-state index >= 15 is 0 Å². The SMILES string of the molecule is NCC(=O)N(CC(=O)O)C(=O)[C@@H](N)Cc1ccc(O)cc1. The van der Waals surface area contributed by atoms with Gasteiger partial charge in [0.2, 0.25) is 11.8 Å². The Labute approximate surface area is 120 Å². The van der Waals surface area contributed by atoms with Crippen LogP contribution in [0.15, 0.2) is 24.3 Å². The number of hydrogen-bond acceptors (Lipinski definition) is 6. The predicted molar refractivity (Wildman–Crippen MR) is 73.2 cm³/mol. The summed E-state index contributed by atoms with van der Waals surface area (Å²) in [4.78, 5) is 34.8. The number of carboxylic acids is 1. The minimum atomic E-state index is -1.33. The summed E-state index contributed by atoms with van der Waals surface area (Å²) >= 11 is 0. The number of aromatic hydroxyl groups is 1. The largest absolute Gasteiger partial charge is 0.508 e. The van der Waals surface area contributed by atoms with Crippen LogP contribution in [-0.2, 0) is 20.8 Å². The van der Waals surface area contributed by atoms with Gasteiger partial charge in [-0.1, -0.05) is 12.1 Å². The van der Waals surface area contributed by atoms with Crippen LogP contribution >= 0.6 is 0 Å². The summed E-state index contributed by atoms with van der Waals surface area (Å²) in [6.07, 6.45) is 0.104. The molecule has 6 N–H and O–H groups in total. The molecular weight excluding hydrogens is 278 g/mol. The first-order chi connectivity index (χ1) is 9.85. The zero-order chi connectivity index (χ0) is 16.0. The van der Waals surface area contributed by atoms with E-state index in [1.165, 1.54) is 12.1 Å². The van der Waals surface area contributed by atoms with E-state index in [-0.39, 0.29) is 12.2 Å². The molecule has 0 aromatic heterocycles. The zero-order valence-electron chi connectivity index (χ0n) is 11.2. The van der Waals surface area contributed by atoms with Gasteiger partial charge in [-0.25, -0.2) is 0 Å². The lowest BCUT2D eigenvalue weighted by Gasteiger charge is -2.22. The molecule has 8 nitrogen and oxygen atoms in total. The summed E-state index contributed by atoms with van der Waals surface area (Å²) in [6, 6.07) is 4.95. The number of hydrogen-bond donors (Lipinski definition) is 4. The van der Waals surface area contributed by atoms with E-state index in [1.54, 1.807) is 12.1 Å². The Morgan fingerprint density at radius 2 is 1.76 bits per heavy atom. The van der Waals surface area contributed by atoms with Gasteiger partial charge < -0.3 is 21.7 Å². The highest BCUT2D eigenvalue weighted by Gasteiger charge is 2.27. The molecule has 0 saturated heterocycles. The van der Waals surface area contributed by atoms with Crippen LogP contribution in [0.2, 0.25) is 0 Å². The van der Waals surface area contributed by atoms with Gasteiger partial charge in [-0.15, -0.1) is 0 Å². The van der Waals surface area contributed by atoms with Crippen molar-refractivity contribution in [1.82, 2.24) is 4.90 Å². The van der Waals surface area contributed by atoms with Crippen molar-refractivity contribution in [2.45, 2.75) is 12.5 Å². The van der Waals surface area contributed by atoms with Crippen LogP contribution in [0.25, 0.3) is 0 Å². The summed E-state index contributed by atoms with van der Waals surface area (Å²) in [5.74, 6) is -2.86. The molecule has 0 aliphatic heterocycles. The number of amides is 2. The lowest BCUT2D eigenvalue weighted by molar-refractivity contribution is -0.152. The van der Waals surface area contributed by atoms with Crippen molar-refractivity contribution in [3.8, 4) is 5.75 Å². The maximum atomic E-state index is 12.1. The summed E-state index contributed by atoms with van der Waals surface area (Å²) in [7, 11) is 0. The zero-order valence-corrected chi connectivity index (χ0v) is 11.2. The third-order valence-corrected chi connectivity index (χ3v) is 2.74. The Bertz CT molecular complexity index is 529. The molecule has 0 aliphatic carbocycles. The van der Waals surface area contributed by atoms with Gasteiger partial charge in [0.1, 0.15) is 12.3 Å². The predicted octanol–water partition coefficient (Wildman–Crippen LogP) is -1.34. The van der Waals surface area contributed by atoms with E-state index in [0.717, 1.165) is 0 Å². The molecule has 0 unspecified atom stereocenters. The molecule has 1 aromatic rings. The second-order valence-electron chi connectivity index (χ2n) is 4.39. The highest BCUT2D eigenvalue weighted by atomic mass is 16.4. The molecule has 0 radical (unpaired) electrons. The quantitative estimate of drug-likeness (QED) is 0.507. The third kappa shape index (κ3) is 4.86. The van der Waals surface area contributed by atoms with Gasteiger partial charge in [-0.05, 0) is 24.1 Å². The molecule has 1 atom stereocenters. The minimum absolute atomic E-state index is 0.0736. The fraction of sp³-hybridized carbons (Fsp3) is 0.308. The molecule has 0 saturated carbocycles. The van der Waals surface area contributed by atoms with E-state index in [2.05, 4.69) is 0 Å². The van der Waals surface area contributed by atoms with Crippen molar-refractivity contribution in [2.24, 2.45) is 11.5 Å². The molecular formula is C13H17N3O5. The van der Waals surface area contributed by atoms with Gasteiger partial charge in [-0.3, -0.25) is 19.3 Å². The monoisotopic (exact) mass is 295 g/mol. The third-order valence-electron chi connectivity index (χ3n) is 2.74. The van der Waals surface area contributed by atoms with Gasteiger partial charge in [0.25, 0.3) is 0 Å². The Kier molecular flexibility index (Phi) is 5.82. The van der Waals surface area contributed by atoms with E-state index < -0.39 is 36.9 Å². The molecule has 1 aromatic carbocycles. The molecule has 8 heteroatoms. The Hall–Kier alpha value is -2.45. The van der Waals surface area contributed by atoms with Crippen LogP contribution < -0.4 is 11.5 Å². The highest BCUT2D eigenvalue weighted by molar-refractivity contribution is 6.00. The van der Waals surface area contributed by atoms with Gasteiger partial charge in [0, 0.05) is 0 Å². The second kappa shape index (κ2) is 7.36. The number of imide groups is 1. The van der Waals surface area contributed by atoms with Crippen LogP contribution in [0.4, 0.5) is 0 Å². The van der Waals surface area contributed by atoms with Crippen molar-refractivity contribution < 1.29 is 24.6 Å². The van der Waals surface area contributed by atoms with E-state index in [1.807, 2.05) is 0 Å². The van der Waals surface area contributed by atoms with Gasteiger partial charge >= 0.3 is 5.97 Å². The van der Waals surface area contributed by atoms with Gasteiger partial charge in [-0.2, -0.15) is 0 Å². The maximum Gasteiger partial charge on any atom is 0.323 e. The van der Waals surface area contributed by atoms with Crippen LogP contribution in [0.5, 0.6) is 5.75 Å². The Morgan fingerprint density at radius 3 is 2.24 bits per heavy atom. The molecule has 2 amide bonds. The number of aliphatic carboxylic acids is 1. The van der Waals surface area contributed by atoms with Crippen LogP contribution in [0, 0.1) is 0 Å². The number of carboxylic acid groups (broad SMARTS) is 1. The number of phenolic OH excluding ortho intramolecular Hbond substituents is 1. The first kappa shape index (κ1) is 16.6. The van der Waals surface area contributed by atoms with Crippen LogP contribution in [-0.4, -0.2) is 52.0 Å². The molecule has 114 valence electrons. The smallest absolute Gasteiger partial charge is 0.323 e. The Balaban J connectivity index is 2.79. The van der Waals surface area contributed by atoms with E-state index in [0.29, 0.717) is 10.5 Å². The van der Waals surface area contributed by atoms with Crippen molar-refractivity contribution in [3.63, 3.8) is 0 Å². The maximum absolute atomic E-state index is 12.1. The molecule has 0 aliphatic rings. The van der Waals surface area contributed by atoms with Gasteiger partial charge in [0.05, 0.1) is 12.6 Å². The van der Waals surface area contributed by atoms with Crippen molar-refractivity contribution >= 4 is 17.8 Å². The molecule has 0 spiro atoms. The number of rotatable bonds is 6. The average Bonchev–Trinajstić information content (AvgIpc) is 2.45. The van der Waals surface area contributed by atoms with Crippen molar-refractivity contribution in [3.05, 3.63) is 29.8 Å². The summed E-state index contributed by atoms with van der Waals surface area (Å²) in [6.45, 7) is -1.26. The molecule has 21 heavy (non-hydrogen) atoms. The Morgan fingerprint density at radius 1 is 1.19 bits per heavy atom. The number of phenols is 1. The number of nitrogens with zero attached hydrogens (tertiary/aromatic N) is 1. The lowest BCUT2D eigenvalue weighted by Crippen LogP contribution is -2.51. The fourth-order valence-electron chi connectivity index (χ4n) is 1.71. The van der Waals surface area contributed by atoms with E-state index in [9.17, 15) is 14.4 Å². The van der Waals surface area contributed by atoms with Crippen molar-refractivity contribution in [2.75, 3.05) is 13.1 Å². The van der Waals surface area contributed by atoms with E-state index in [4.69, 9.17) is 21.7 Å². The minimum Gasteiger partial charge on any atom is -0.508 e. The fourth-order valence-corrected chi connectivity index (χ4v) is 1.71. The molecule has 0 fully saturated rings. The number of carbonyl (C=O) groups excluding carboxylic acids is 2. The molecule has 0 heterocycles. The van der Waals surface area contributed by atoms with Crippen LogP contribution in [0.1, 0.15) is 5.56 Å². The number of nitrogens with two attached hydrogens (primary N) is 2. The lowest BCUT2D eigenvalue weighted by atomic mass is 10.1. The van der Waals surface area contributed by atoms with Crippen molar-refractivity contribution in [1.29, 1.82) is 0 Å². The first-order valence-electron chi connectivity index (χ1n) is 6.14. The summed E-state index contributed by atoms with van der Waals surface area (Å²) in [5.41, 5.74) is 11.5. The molecule has 0 bridgehead atoms. The normalized spacial score (nSPS) is 11.7.